The summed E-state index contributed by atoms with van der Waals surface area (Å²) < 4.78 is 6.81. The van der Waals surface area contributed by atoms with Crippen LogP contribution in [0.15, 0.2) is 22.7 Å². The zero-order valence-electron chi connectivity index (χ0n) is 11.9. The Kier molecular flexibility index (Phi) is 3.94. The standard InChI is InChI=1S/C15H17BrN2O2S/c1-15(2,8-19)18-14-17-13-10-4-3-9(16)7-11(10)20-6-5-12(13)21-14/h3-4,7,19H,5-6,8H2,1-2H3,(H,17,18). The maximum absolute atomic E-state index is 9.38. The van der Waals surface area contributed by atoms with Crippen molar-refractivity contribution in [2.75, 3.05) is 18.5 Å². The van der Waals surface area contributed by atoms with Crippen LogP contribution in [0.3, 0.4) is 0 Å². The van der Waals surface area contributed by atoms with Crippen LogP contribution < -0.4 is 10.1 Å². The molecular weight excluding hydrogens is 352 g/mol. The molecule has 0 spiro atoms. The number of hydrogen-bond donors (Lipinski definition) is 2. The fourth-order valence-corrected chi connectivity index (χ4v) is 3.65. The van der Waals surface area contributed by atoms with Crippen LogP contribution in [-0.2, 0) is 6.42 Å². The highest BCUT2D eigenvalue weighted by Gasteiger charge is 2.23. The summed E-state index contributed by atoms with van der Waals surface area (Å²) in [6.07, 6.45) is 0.848. The lowest BCUT2D eigenvalue weighted by molar-refractivity contribution is 0.234. The summed E-state index contributed by atoms with van der Waals surface area (Å²) >= 11 is 5.11. The highest BCUT2D eigenvalue weighted by Crippen LogP contribution is 2.40. The van der Waals surface area contributed by atoms with Gasteiger partial charge in [-0.05, 0) is 32.0 Å². The van der Waals surface area contributed by atoms with Crippen molar-refractivity contribution in [3.8, 4) is 17.0 Å². The molecule has 1 aliphatic heterocycles. The number of hydrogen-bond acceptors (Lipinski definition) is 5. The summed E-state index contributed by atoms with van der Waals surface area (Å²) in [5.41, 5.74) is 1.63. The van der Waals surface area contributed by atoms with E-state index in [1.165, 1.54) is 4.88 Å². The number of nitrogens with one attached hydrogen (secondary N) is 1. The van der Waals surface area contributed by atoms with E-state index in [0.29, 0.717) is 6.61 Å². The number of benzene rings is 1. The van der Waals surface area contributed by atoms with Crippen LogP contribution in [0, 0.1) is 0 Å². The Morgan fingerprint density at radius 1 is 1.48 bits per heavy atom. The number of fused-ring (bicyclic) bond motifs is 3. The van der Waals surface area contributed by atoms with E-state index in [1.54, 1.807) is 11.3 Å². The van der Waals surface area contributed by atoms with Gasteiger partial charge in [-0.3, -0.25) is 0 Å². The first kappa shape index (κ1) is 14.8. The fraction of sp³-hybridized carbons (Fsp3) is 0.400. The summed E-state index contributed by atoms with van der Waals surface area (Å²) in [6, 6.07) is 6.01. The lowest BCUT2D eigenvalue weighted by Gasteiger charge is -2.22. The molecule has 0 radical (unpaired) electrons. The molecule has 0 atom stereocenters. The van der Waals surface area contributed by atoms with Gasteiger partial charge in [-0.15, -0.1) is 11.3 Å². The summed E-state index contributed by atoms with van der Waals surface area (Å²) in [6.45, 7) is 4.62. The van der Waals surface area contributed by atoms with Crippen molar-refractivity contribution in [1.29, 1.82) is 0 Å². The number of rotatable bonds is 3. The number of aromatic nitrogens is 1. The van der Waals surface area contributed by atoms with Crippen LogP contribution in [0.5, 0.6) is 5.75 Å². The Labute approximate surface area is 136 Å². The van der Waals surface area contributed by atoms with Crippen LogP contribution in [0.4, 0.5) is 5.13 Å². The van der Waals surface area contributed by atoms with Crippen LogP contribution >= 0.6 is 27.3 Å². The smallest absolute Gasteiger partial charge is 0.183 e. The van der Waals surface area contributed by atoms with Gasteiger partial charge in [-0.2, -0.15) is 0 Å². The molecule has 6 heteroatoms. The largest absolute Gasteiger partial charge is 0.492 e. The van der Waals surface area contributed by atoms with Crippen LogP contribution in [0.1, 0.15) is 18.7 Å². The molecule has 1 aromatic heterocycles. The molecule has 1 aromatic carbocycles. The Balaban J connectivity index is 2.01. The maximum Gasteiger partial charge on any atom is 0.183 e. The minimum absolute atomic E-state index is 0.0594. The normalized spacial score (nSPS) is 13.9. The van der Waals surface area contributed by atoms with Gasteiger partial charge in [0.25, 0.3) is 0 Å². The number of ether oxygens (including phenoxy) is 1. The minimum atomic E-state index is -0.379. The predicted molar refractivity (Wildman–Crippen MR) is 89.2 cm³/mol. The SMILES string of the molecule is CC(C)(CO)Nc1nc2c(s1)CCOc1cc(Br)ccc1-2. The lowest BCUT2D eigenvalue weighted by Crippen LogP contribution is -2.34. The van der Waals surface area contributed by atoms with Gasteiger partial charge in [0.2, 0.25) is 0 Å². The van der Waals surface area contributed by atoms with Gasteiger partial charge in [-0.1, -0.05) is 15.9 Å². The van der Waals surface area contributed by atoms with E-state index in [2.05, 4.69) is 21.2 Å². The molecule has 0 fully saturated rings. The molecule has 2 aromatic rings. The Bertz CT molecular complexity index is 670. The average molecular weight is 369 g/mol. The maximum atomic E-state index is 9.38. The number of aliphatic hydroxyl groups excluding tert-OH is 1. The van der Waals surface area contributed by atoms with Crippen LogP contribution in [0.2, 0.25) is 0 Å². The number of halogens is 1. The summed E-state index contributed by atoms with van der Waals surface area (Å²) in [5, 5.41) is 13.5. The van der Waals surface area contributed by atoms with E-state index in [0.717, 1.165) is 33.0 Å². The quantitative estimate of drug-likeness (QED) is 0.867. The van der Waals surface area contributed by atoms with Crippen molar-refractivity contribution in [3.05, 3.63) is 27.5 Å². The van der Waals surface area contributed by atoms with E-state index in [4.69, 9.17) is 9.72 Å². The lowest BCUT2D eigenvalue weighted by atomic mass is 10.1. The van der Waals surface area contributed by atoms with Crippen molar-refractivity contribution < 1.29 is 9.84 Å². The number of anilines is 1. The van der Waals surface area contributed by atoms with Gasteiger partial charge in [0, 0.05) is 21.3 Å². The first-order valence-electron chi connectivity index (χ1n) is 6.80. The Morgan fingerprint density at radius 2 is 2.29 bits per heavy atom. The van der Waals surface area contributed by atoms with Gasteiger partial charge in [0.15, 0.2) is 5.13 Å². The van der Waals surface area contributed by atoms with Crippen molar-refractivity contribution in [3.63, 3.8) is 0 Å². The average Bonchev–Trinajstić information content (AvgIpc) is 2.73. The molecule has 2 heterocycles. The van der Waals surface area contributed by atoms with Crippen molar-refractivity contribution in [2.45, 2.75) is 25.8 Å². The highest BCUT2D eigenvalue weighted by atomic mass is 79.9. The molecule has 3 rings (SSSR count). The zero-order chi connectivity index (χ0) is 15.0. The molecule has 2 N–H and O–H groups in total. The van der Waals surface area contributed by atoms with Gasteiger partial charge in [0.1, 0.15) is 5.75 Å². The first-order valence-corrected chi connectivity index (χ1v) is 8.41. The molecule has 1 aliphatic rings. The molecule has 0 aliphatic carbocycles. The molecule has 0 saturated carbocycles. The molecule has 0 unspecified atom stereocenters. The van der Waals surface area contributed by atoms with E-state index in [9.17, 15) is 5.11 Å². The molecule has 0 saturated heterocycles. The number of nitrogens with zero attached hydrogens (tertiary/aromatic N) is 1. The molecule has 4 nitrogen and oxygen atoms in total. The summed E-state index contributed by atoms with van der Waals surface area (Å²) in [5.74, 6) is 0.862. The van der Waals surface area contributed by atoms with E-state index in [1.807, 2.05) is 32.0 Å². The second-order valence-electron chi connectivity index (χ2n) is 5.70. The monoisotopic (exact) mass is 368 g/mol. The van der Waals surface area contributed by atoms with E-state index < -0.39 is 0 Å². The van der Waals surface area contributed by atoms with Crippen molar-refractivity contribution in [1.82, 2.24) is 4.98 Å². The second kappa shape index (κ2) is 5.59. The zero-order valence-corrected chi connectivity index (χ0v) is 14.3. The topological polar surface area (TPSA) is 54.4 Å². The van der Waals surface area contributed by atoms with Gasteiger partial charge >= 0.3 is 0 Å². The van der Waals surface area contributed by atoms with Gasteiger partial charge in [0.05, 0.1) is 24.4 Å². The second-order valence-corrected chi connectivity index (χ2v) is 7.70. The number of aliphatic hydroxyl groups is 1. The molecule has 0 bridgehead atoms. The fourth-order valence-electron chi connectivity index (χ4n) is 2.18. The molecular formula is C15H17BrN2O2S. The van der Waals surface area contributed by atoms with E-state index >= 15 is 0 Å². The molecule has 0 amide bonds. The Morgan fingerprint density at radius 3 is 3.05 bits per heavy atom. The third-order valence-corrected chi connectivity index (χ3v) is 4.85. The third-order valence-electron chi connectivity index (χ3n) is 3.32. The summed E-state index contributed by atoms with van der Waals surface area (Å²) in [4.78, 5) is 5.93. The first-order chi connectivity index (χ1) is 9.98. The minimum Gasteiger partial charge on any atom is -0.492 e. The number of thiazole rings is 1. The van der Waals surface area contributed by atoms with Crippen molar-refractivity contribution in [2.24, 2.45) is 0 Å². The Hall–Kier alpha value is -1.11. The molecule has 21 heavy (non-hydrogen) atoms. The highest BCUT2D eigenvalue weighted by molar-refractivity contribution is 9.10. The molecule has 112 valence electrons. The van der Waals surface area contributed by atoms with Crippen molar-refractivity contribution >= 4 is 32.4 Å². The van der Waals surface area contributed by atoms with E-state index in [-0.39, 0.29) is 12.1 Å². The summed E-state index contributed by atoms with van der Waals surface area (Å²) in [7, 11) is 0. The third kappa shape index (κ3) is 3.07. The van der Waals surface area contributed by atoms with Crippen LogP contribution in [0.25, 0.3) is 11.3 Å². The van der Waals surface area contributed by atoms with Crippen LogP contribution in [-0.4, -0.2) is 28.8 Å². The predicted octanol–water partition coefficient (Wildman–Crippen LogP) is 3.69. The van der Waals surface area contributed by atoms with Gasteiger partial charge < -0.3 is 15.2 Å². The van der Waals surface area contributed by atoms with Gasteiger partial charge in [-0.25, -0.2) is 4.98 Å².